The van der Waals surface area contributed by atoms with E-state index in [1.54, 1.807) is 0 Å². The van der Waals surface area contributed by atoms with Gasteiger partial charge in [0.2, 0.25) is 0 Å². The van der Waals surface area contributed by atoms with Crippen molar-refractivity contribution in [3.8, 4) is 0 Å². The Labute approximate surface area is 725 Å². The molecular formula is C105H215N9O. The van der Waals surface area contributed by atoms with Crippen molar-refractivity contribution in [1.82, 2.24) is 44.1 Å². The van der Waals surface area contributed by atoms with Crippen LogP contribution < -0.4 is 0 Å². The fourth-order valence-corrected chi connectivity index (χ4v) is 24.5. The lowest BCUT2D eigenvalue weighted by Crippen LogP contribution is -2.43. The van der Waals surface area contributed by atoms with E-state index in [1.165, 1.54) is 155 Å². The first-order valence-corrected chi connectivity index (χ1v) is 50.8. The Balaban J connectivity index is 0.000000335. The highest BCUT2D eigenvalue weighted by molar-refractivity contribution is 5.06. The average Bonchev–Trinajstić information content (AvgIpc) is 1.60. The molecule has 11 fully saturated rings. The predicted octanol–water partition coefficient (Wildman–Crippen LogP) is 26.4. The summed E-state index contributed by atoms with van der Waals surface area (Å²) in [5.74, 6) is 11.8. The average molecular weight is 1620 g/mol. The van der Waals surface area contributed by atoms with Gasteiger partial charge in [-0.3, -0.25) is 44.1 Å². The zero-order chi connectivity index (χ0) is 87.9. The maximum Gasteiger partial charge on any atom is 0.0503 e. The van der Waals surface area contributed by atoms with Crippen molar-refractivity contribution >= 4 is 0 Å². The van der Waals surface area contributed by atoms with E-state index in [4.69, 9.17) is 4.74 Å². The van der Waals surface area contributed by atoms with Gasteiger partial charge in [-0.15, -0.1) is 0 Å². The maximum atomic E-state index is 5.26. The largest absolute Gasteiger partial charge is 0.384 e. The number of nitrogens with zero attached hydrogens (tertiary/aromatic N) is 9. The van der Waals surface area contributed by atoms with Gasteiger partial charge < -0.3 is 4.74 Å². The minimum Gasteiger partial charge on any atom is -0.384 e. The highest BCUT2D eigenvalue weighted by Crippen LogP contribution is 2.56. The van der Waals surface area contributed by atoms with Gasteiger partial charge in [0, 0.05) is 166 Å². The normalized spacial score (nSPS) is 32.3. The Morgan fingerprint density at radius 1 is 0.322 bits per heavy atom. The molecule has 686 valence electrons. The molecule has 11 aliphatic rings. The number of hydrogen-bond donors (Lipinski definition) is 0. The van der Waals surface area contributed by atoms with E-state index in [9.17, 15) is 0 Å². The summed E-state index contributed by atoms with van der Waals surface area (Å²) in [5, 5.41) is 0. The van der Waals surface area contributed by atoms with Gasteiger partial charge in [-0.05, 0) is 342 Å². The molecule has 11 rings (SSSR count). The van der Waals surface area contributed by atoms with Crippen molar-refractivity contribution in [2.45, 2.75) is 546 Å². The number of rotatable bonds is 22. The molecule has 1 spiro atoms. The molecule has 2 saturated carbocycles. The minimum atomic E-state index is 0.671. The van der Waals surface area contributed by atoms with E-state index >= 15 is 0 Å². The first kappa shape index (κ1) is 109. The van der Waals surface area contributed by atoms with Gasteiger partial charge in [0.05, 0.1) is 6.61 Å². The zero-order valence-electron chi connectivity index (χ0n) is 86.4. The van der Waals surface area contributed by atoms with Crippen molar-refractivity contribution in [3.63, 3.8) is 0 Å². The minimum absolute atomic E-state index is 0.671. The van der Waals surface area contributed by atoms with E-state index in [-0.39, 0.29) is 0 Å². The first-order valence-electron chi connectivity index (χ1n) is 50.8. The molecule has 9 aliphatic heterocycles. The Morgan fingerprint density at radius 3 is 1.09 bits per heavy atom. The molecule has 0 aromatic heterocycles. The van der Waals surface area contributed by atoms with Crippen LogP contribution in [0.1, 0.15) is 413 Å². The lowest BCUT2D eigenvalue weighted by atomic mass is 9.96. The molecule has 0 radical (unpaired) electrons. The van der Waals surface area contributed by atoms with E-state index in [0.29, 0.717) is 12.1 Å². The molecule has 0 bridgehead atoms. The van der Waals surface area contributed by atoms with Crippen LogP contribution in [-0.4, -0.2) is 223 Å². The SMILES string of the molecule is CC(C)[C@@H]1CC2(CC2)CN1C(C)C.CC(C)[C@@H]1CC2CCCC2N1C(C)C.CC(C)[C@@H]1CCC(C)N1C(C)C.CC(C)[C@@H]1CCCN1C(C)C.CC1C[C@@H](C(C)C)N(C(C)C)C1.CC1C[C@@H](C(C)C)N(C(C)C)C1C.CCC1CC[C@@H](C(C)C)N1C(C)C.CCC1C[C@@H](C(C)C)N(C(C)C)C1.COCC1C[C@@H](C(C)C)N(C(C)C)C1. The van der Waals surface area contributed by atoms with E-state index in [2.05, 4.69) is 335 Å². The summed E-state index contributed by atoms with van der Waals surface area (Å²) in [6, 6.07) is 17.3. The Bertz CT molecular complexity index is 2370. The molecule has 2 aliphatic carbocycles. The first-order chi connectivity index (χ1) is 53.5. The van der Waals surface area contributed by atoms with Crippen LogP contribution in [0.15, 0.2) is 0 Å². The van der Waals surface area contributed by atoms with Crippen LogP contribution in [0.5, 0.6) is 0 Å². The van der Waals surface area contributed by atoms with Gasteiger partial charge in [-0.1, -0.05) is 165 Å². The van der Waals surface area contributed by atoms with Gasteiger partial charge in [0.1, 0.15) is 0 Å². The molecule has 0 amide bonds. The molecule has 10 nitrogen and oxygen atoms in total. The molecule has 115 heavy (non-hydrogen) atoms. The summed E-state index contributed by atoms with van der Waals surface area (Å²) < 4.78 is 5.26. The third kappa shape index (κ3) is 32.8. The van der Waals surface area contributed by atoms with Crippen molar-refractivity contribution in [3.05, 3.63) is 0 Å². The zero-order valence-corrected chi connectivity index (χ0v) is 86.4. The molecule has 0 aromatic rings. The number of likely N-dealkylation sites (tertiary alicyclic amines) is 9. The lowest BCUT2D eigenvalue weighted by molar-refractivity contribution is 0.116. The second kappa shape index (κ2) is 51.9. The Morgan fingerprint density at radius 2 is 0.730 bits per heavy atom. The van der Waals surface area contributed by atoms with E-state index < -0.39 is 0 Å². The molecule has 18 atom stereocenters. The molecule has 0 N–H and O–H groups in total. The van der Waals surface area contributed by atoms with Crippen molar-refractivity contribution in [1.29, 1.82) is 0 Å². The van der Waals surface area contributed by atoms with Crippen LogP contribution in [0, 0.1) is 88.3 Å². The number of fused-ring (bicyclic) bond motifs is 1. The van der Waals surface area contributed by atoms with E-state index in [0.717, 1.165) is 216 Å². The third-order valence-electron chi connectivity index (χ3n) is 31.1. The van der Waals surface area contributed by atoms with Gasteiger partial charge >= 0.3 is 0 Å². The van der Waals surface area contributed by atoms with Gasteiger partial charge in [0.25, 0.3) is 0 Å². The number of hydrogen-bond acceptors (Lipinski definition) is 10. The summed E-state index contributed by atoms with van der Waals surface area (Å²) in [5.41, 5.74) is 0.777. The molecule has 9 saturated heterocycles. The van der Waals surface area contributed by atoms with Crippen LogP contribution in [0.25, 0.3) is 0 Å². The number of ether oxygens (including phenoxy) is 1. The van der Waals surface area contributed by atoms with Crippen LogP contribution >= 0.6 is 0 Å². The van der Waals surface area contributed by atoms with Crippen LogP contribution in [-0.2, 0) is 4.74 Å². The smallest absolute Gasteiger partial charge is 0.0503 e. The summed E-state index contributed by atoms with van der Waals surface area (Å²) in [6.07, 6.45) is 27.0. The summed E-state index contributed by atoms with van der Waals surface area (Å²) in [7, 11) is 1.81. The highest BCUT2D eigenvalue weighted by Gasteiger charge is 2.53. The Kier molecular flexibility index (Phi) is 49.1. The Hall–Kier alpha value is -0.400. The predicted molar refractivity (Wildman–Crippen MR) is 513 cm³/mol. The topological polar surface area (TPSA) is 38.4 Å². The standard InChI is InChI=1S/C13H25N.C12H25NO.C12H23N.3C12H25N.2C11H23N.C10H21N/c1-9(2)13-8-11-6-5-7-12(11)14(13)10(3)4;1-9(2)12-6-11(8-14-5)7-13(12)10(3)4;1-9(2)11-7-12(5-6-12)8-13(11)10(3)4;1-8(2)12-7-10(5)11(6)13(12)9(3)4;1-6-11-7-12(9(2)3)13(8-11)10(4)5;1-6-11-7-8-12(9(2)3)13(11)10(4)5;1-8(2)11-6-10(5)7-12(11)9(3)4;1-8(2)11-7-6-10(5)12(11)9(3)4;1-8(2)10-6-5-7-11(10)9(3)4/h9-13H,5-8H2,1-4H3;9-12H,6-8H2,1-5H3;9-11H,5-8H2,1-4H3;8-12H,7H2,1-6H3;2*9-12H,6-8H2,1-5H3;2*8-11H,6-7H2,1-5H3;8-10H,5-7H2,1-4H3/t11?,12?,13-;11?,12-;11-;10?,11?,12-;2*11?,12-;2*10?,11-;10-/m000000000/s1. The number of methoxy groups -OCH3 is 1. The molecule has 10 heteroatoms. The maximum absolute atomic E-state index is 5.26. The molecule has 0 aromatic carbocycles. The van der Waals surface area contributed by atoms with Gasteiger partial charge in [-0.25, -0.2) is 0 Å². The third-order valence-corrected chi connectivity index (χ3v) is 31.1. The van der Waals surface area contributed by atoms with Gasteiger partial charge in [-0.2, -0.15) is 0 Å². The second-order valence-electron chi connectivity index (χ2n) is 46.2. The monoisotopic (exact) mass is 1620 g/mol. The fraction of sp³-hybridized carbons (Fsp3) is 1.00. The second-order valence-corrected chi connectivity index (χ2v) is 46.2. The van der Waals surface area contributed by atoms with Crippen LogP contribution in [0.3, 0.4) is 0 Å². The summed E-state index contributed by atoms with van der Waals surface area (Å²) >= 11 is 0. The summed E-state index contributed by atoms with van der Waals surface area (Å²) in [4.78, 5) is 24.3. The fourth-order valence-electron chi connectivity index (χ4n) is 24.5. The van der Waals surface area contributed by atoms with E-state index in [1.807, 2.05) is 7.11 Å². The molecule has 9 heterocycles. The van der Waals surface area contributed by atoms with Crippen molar-refractivity contribution in [2.75, 3.05) is 46.4 Å². The molecule has 9 unspecified atom stereocenters. The summed E-state index contributed by atoms with van der Waals surface area (Å²) in [6.45, 7) is 106. The quantitative estimate of drug-likeness (QED) is 0.105. The van der Waals surface area contributed by atoms with Crippen LogP contribution in [0.4, 0.5) is 0 Å². The highest BCUT2D eigenvalue weighted by atomic mass is 16.5. The van der Waals surface area contributed by atoms with Crippen LogP contribution in [0.2, 0.25) is 0 Å². The lowest BCUT2D eigenvalue weighted by Gasteiger charge is -2.35. The molecular weight excluding hydrogens is 1400 g/mol. The van der Waals surface area contributed by atoms with Gasteiger partial charge in [0.15, 0.2) is 0 Å². The van der Waals surface area contributed by atoms with Crippen molar-refractivity contribution in [2.24, 2.45) is 88.3 Å². The van der Waals surface area contributed by atoms with Crippen molar-refractivity contribution < 1.29 is 4.74 Å².